The molecule has 0 saturated carbocycles. The van der Waals surface area contributed by atoms with Crippen molar-refractivity contribution in [3.05, 3.63) is 24.0 Å². The Labute approximate surface area is 96.8 Å². The van der Waals surface area contributed by atoms with Crippen molar-refractivity contribution >= 4 is 5.91 Å². The number of carbonyl (C=O) groups excluding carboxylic acids is 1. The third kappa shape index (κ3) is 3.10. The smallest absolute Gasteiger partial charge is 0.234 e. The molecule has 1 aromatic heterocycles. The average Bonchev–Trinajstić information content (AvgIpc) is 2.64. The zero-order chi connectivity index (χ0) is 12.1. The maximum absolute atomic E-state index is 11.2. The summed E-state index contributed by atoms with van der Waals surface area (Å²) in [6.07, 6.45) is 2.03. The highest BCUT2D eigenvalue weighted by Gasteiger charge is 2.18. The summed E-state index contributed by atoms with van der Waals surface area (Å²) >= 11 is 0. The molecule has 0 saturated heterocycles. The summed E-state index contributed by atoms with van der Waals surface area (Å²) in [6, 6.07) is 3.80. The molecule has 1 amide bonds. The second-order valence-corrected chi connectivity index (χ2v) is 4.29. The average molecular weight is 223 g/mol. The third-order valence-electron chi connectivity index (χ3n) is 2.74. The van der Waals surface area contributed by atoms with Gasteiger partial charge in [-0.1, -0.05) is 13.8 Å². The monoisotopic (exact) mass is 223 g/mol. The number of carbonyl (C=O) groups is 1. The highest BCUT2D eigenvalue weighted by atomic mass is 16.1. The van der Waals surface area contributed by atoms with Crippen LogP contribution < -0.4 is 11.1 Å². The van der Waals surface area contributed by atoms with Gasteiger partial charge in [0.25, 0.3) is 0 Å². The van der Waals surface area contributed by atoms with Crippen molar-refractivity contribution < 1.29 is 4.79 Å². The van der Waals surface area contributed by atoms with Gasteiger partial charge in [0.1, 0.15) is 0 Å². The maximum atomic E-state index is 11.2. The van der Waals surface area contributed by atoms with E-state index < -0.39 is 0 Å². The van der Waals surface area contributed by atoms with Crippen molar-refractivity contribution in [3.8, 4) is 0 Å². The summed E-state index contributed by atoms with van der Waals surface area (Å²) < 4.78 is 2.14. The second kappa shape index (κ2) is 5.70. The number of primary amides is 1. The van der Waals surface area contributed by atoms with Crippen LogP contribution in [-0.4, -0.2) is 16.5 Å². The third-order valence-corrected chi connectivity index (χ3v) is 2.74. The molecule has 0 aliphatic heterocycles. The summed E-state index contributed by atoms with van der Waals surface area (Å²) in [6.45, 7) is 7.68. The molecule has 0 fully saturated rings. The molecule has 4 nitrogen and oxygen atoms in total. The molecular formula is C12H21N3O. The Bertz CT molecular complexity index is 344. The number of nitrogens with one attached hydrogen (secondary N) is 1. The summed E-state index contributed by atoms with van der Waals surface area (Å²) in [5, 5.41) is 3.20. The molecule has 0 radical (unpaired) electrons. The van der Waals surface area contributed by atoms with Crippen molar-refractivity contribution in [2.75, 3.05) is 0 Å². The lowest BCUT2D eigenvalue weighted by Crippen LogP contribution is -2.44. The standard InChI is InChI=1S/C12H21N3O/c1-4-15-7-5-6-10(15)8-14-11(9(2)3)12(13)16/h5-7,9,11,14H,4,8H2,1-3H3,(H2,13,16). The minimum atomic E-state index is -0.287. The van der Waals surface area contributed by atoms with E-state index in [0.717, 1.165) is 6.54 Å². The van der Waals surface area contributed by atoms with Crippen LogP contribution in [0.2, 0.25) is 0 Å². The quantitative estimate of drug-likeness (QED) is 0.759. The zero-order valence-electron chi connectivity index (χ0n) is 10.2. The van der Waals surface area contributed by atoms with Gasteiger partial charge in [0.15, 0.2) is 0 Å². The number of aromatic nitrogens is 1. The van der Waals surface area contributed by atoms with Crippen molar-refractivity contribution in [1.82, 2.24) is 9.88 Å². The minimum Gasteiger partial charge on any atom is -0.368 e. The van der Waals surface area contributed by atoms with Gasteiger partial charge in [0.2, 0.25) is 5.91 Å². The molecule has 1 heterocycles. The molecule has 0 spiro atoms. The van der Waals surface area contributed by atoms with E-state index >= 15 is 0 Å². The van der Waals surface area contributed by atoms with Crippen LogP contribution in [0.3, 0.4) is 0 Å². The Morgan fingerprint density at radius 1 is 1.56 bits per heavy atom. The first-order chi connectivity index (χ1) is 7.56. The highest BCUT2D eigenvalue weighted by molar-refractivity contribution is 5.80. The lowest BCUT2D eigenvalue weighted by Gasteiger charge is -2.19. The van der Waals surface area contributed by atoms with E-state index in [-0.39, 0.29) is 17.9 Å². The van der Waals surface area contributed by atoms with Gasteiger partial charge >= 0.3 is 0 Å². The normalized spacial score (nSPS) is 13.0. The summed E-state index contributed by atoms with van der Waals surface area (Å²) in [7, 11) is 0. The van der Waals surface area contributed by atoms with Gasteiger partial charge in [0, 0.05) is 25.0 Å². The molecule has 0 bridgehead atoms. The van der Waals surface area contributed by atoms with E-state index in [1.54, 1.807) is 0 Å². The van der Waals surface area contributed by atoms with Crippen LogP contribution in [-0.2, 0) is 17.9 Å². The first-order valence-electron chi connectivity index (χ1n) is 5.73. The van der Waals surface area contributed by atoms with E-state index in [0.29, 0.717) is 6.54 Å². The molecule has 1 aromatic rings. The Balaban J connectivity index is 2.59. The first-order valence-corrected chi connectivity index (χ1v) is 5.73. The second-order valence-electron chi connectivity index (χ2n) is 4.29. The Hall–Kier alpha value is -1.29. The molecule has 16 heavy (non-hydrogen) atoms. The molecule has 1 rings (SSSR count). The van der Waals surface area contributed by atoms with Crippen molar-refractivity contribution in [1.29, 1.82) is 0 Å². The first kappa shape index (κ1) is 12.8. The van der Waals surface area contributed by atoms with Gasteiger partial charge in [-0.25, -0.2) is 0 Å². The molecule has 1 unspecified atom stereocenters. The van der Waals surface area contributed by atoms with Gasteiger partial charge in [-0.3, -0.25) is 4.79 Å². The van der Waals surface area contributed by atoms with Gasteiger partial charge in [0.05, 0.1) is 6.04 Å². The zero-order valence-corrected chi connectivity index (χ0v) is 10.2. The molecule has 0 aliphatic carbocycles. The Morgan fingerprint density at radius 3 is 2.75 bits per heavy atom. The summed E-state index contributed by atoms with van der Waals surface area (Å²) in [5.74, 6) is -0.0767. The fraction of sp³-hybridized carbons (Fsp3) is 0.583. The molecule has 4 heteroatoms. The number of aryl methyl sites for hydroxylation is 1. The van der Waals surface area contributed by atoms with Gasteiger partial charge in [-0.2, -0.15) is 0 Å². The fourth-order valence-corrected chi connectivity index (χ4v) is 1.80. The van der Waals surface area contributed by atoms with E-state index in [9.17, 15) is 4.79 Å². The molecular weight excluding hydrogens is 202 g/mol. The van der Waals surface area contributed by atoms with Crippen LogP contribution in [0.5, 0.6) is 0 Å². The predicted molar refractivity (Wildman–Crippen MR) is 64.8 cm³/mol. The number of amides is 1. The molecule has 0 aromatic carbocycles. The van der Waals surface area contributed by atoms with Crippen molar-refractivity contribution in [3.63, 3.8) is 0 Å². The topological polar surface area (TPSA) is 60.1 Å². The lowest BCUT2D eigenvalue weighted by atomic mass is 10.0. The van der Waals surface area contributed by atoms with Crippen LogP contribution in [0.4, 0.5) is 0 Å². The summed E-state index contributed by atoms with van der Waals surface area (Å²) in [4.78, 5) is 11.2. The SMILES string of the molecule is CCn1cccc1CNC(C(N)=O)C(C)C. The minimum absolute atomic E-state index is 0.211. The van der Waals surface area contributed by atoms with E-state index in [1.807, 2.05) is 26.1 Å². The largest absolute Gasteiger partial charge is 0.368 e. The Kier molecular flexibility index (Phi) is 4.55. The van der Waals surface area contributed by atoms with Gasteiger partial charge < -0.3 is 15.6 Å². The van der Waals surface area contributed by atoms with E-state index in [1.165, 1.54) is 5.69 Å². The van der Waals surface area contributed by atoms with Crippen molar-refractivity contribution in [2.45, 2.75) is 39.9 Å². The fourth-order valence-electron chi connectivity index (χ4n) is 1.80. The molecule has 90 valence electrons. The highest BCUT2D eigenvalue weighted by Crippen LogP contribution is 2.05. The summed E-state index contributed by atoms with van der Waals surface area (Å²) in [5.41, 5.74) is 6.51. The predicted octanol–water partition coefficient (Wildman–Crippen LogP) is 1.11. The Morgan fingerprint density at radius 2 is 2.25 bits per heavy atom. The molecule has 1 atom stereocenters. The van der Waals surface area contributed by atoms with Crippen LogP contribution in [0.25, 0.3) is 0 Å². The number of nitrogens with zero attached hydrogens (tertiary/aromatic N) is 1. The number of hydrogen-bond acceptors (Lipinski definition) is 2. The van der Waals surface area contributed by atoms with Crippen LogP contribution in [0.1, 0.15) is 26.5 Å². The number of nitrogens with two attached hydrogens (primary N) is 1. The van der Waals surface area contributed by atoms with Gasteiger partial charge in [-0.15, -0.1) is 0 Å². The van der Waals surface area contributed by atoms with Crippen molar-refractivity contribution in [2.24, 2.45) is 11.7 Å². The number of rotatable bonds is 6. The maximum Gasteiger partial charge on any atom is 0.234 e. The van der Waals surface area contributed by atoms with Crippen LogP contribution >= 0.6 is 0 Å². The van der Waals surface area contributed by atoms with E-state index in [4.69, 9.17) is 5.73 Å². The van der Waals surface area contributed by atoms with Crippen LogP contribution in [0, 0.1) is 5.92 Å². The van der Waals surface area contributed by atoms with Gasteiger partial charge in [-0.05, 0) is 25.0 Å². The van der Waals surface area contributed by atoms with E-state index in [2.05, 4.69) is 22.9 Å². The lowest BCUT2D eigenvalue weighted by molar-refractivity contribution is -0.121. The molecule has 3 N–H and O–H groups in total. The van der Waals surface area contributed by atoms with Crippen LogP contribution in [0.15, 0.2) is 18.3 Å². The number of hydrogen-bond donors (Lipinski definition) is 2. The molecule has 0 aliphatic rings.